The summed E-state index contributed by atoms with van der Waals surface area (Å²) in [5.41, 5.74) is 0.355. The molecular formula is C18H14O2S3. The Balaban J connectivity index is 0.000000220. The number of carboxylic acid groups (broad SMARTS) is 1. The number of hydrogen-bond donors (Lipinski definition) is 1. The number of hydrogen-bond acceptors (Lipinski definition) is 4. The van der Waals surface area contributed by atoms with Crippen molar-refractivity contribution in [1.82, 2.24) is 0 Å². The summed E-state index contributed by atoms with van der Waals surface area (Å²) in [4.78, 5) is 11.2. The Morgan fingerprint density at radius 1 is 0.913 bits per heavy atom. The molecule has 0 saturated carbocycles. The Morgan fingerprint density at radius 3 is 2.09 bits per heavy atom. The maximum Gasteiger partial charge on any atom is 0.336 e. The van der Waals surface area contributed by atoms with Gasteiger partial charge >= 0.3 is 5.97 Å². The molecule has 0 unspecified atom stereocenters. The second kappa shape index (κ2) is 7.34. The minimum Gasteiger partial charge on any atom is -0.478 e. The SMILES string of the molecule is O=C(O)c1cccc2cc3ccccc3cc12.S=C1SCCS1. The number of aromatic carboxylic acids is 1. The maximum atomic E-state index is 11.2. The molecule has 1 fully saturated rings. The van der Waals surface area contributed by atoms with Gasteiger partial charge in [-0.25, -0.2) is 4.79 Å². The Kier molecular flexibility index (Phi) is 5.20. The molecule has 3 aromatic rings. The zero-order valence-electron chi connectivity index (χ0n) is 12.2. The molecule has 0 bridgehead atoms. The summed E-state index contributed by atoms with van der Waals surface area (Å²) in [6.45, 7) is 0. The van der Waals surface area contributed by atoms with E-state index in [0.717, 1.165) is 25.1 Å². The molecule has 1 N–H and O–H groups in total. The van der Waals surface area contributed by atoms with Gasteiger partial charge in [-0.15, -0.1) is 23.5 Å². The maximum absolute atomic E-state index is 11.2. The average molecular weight is 359 g/mol. The largest absolute Gasteiger partial charge is 0.478 e. The van der Waals surface area contributed by atoms with Crippen LogP contribution in [-0.2, 0) is 0 Å². The Bertz CT molecular complexity index is 882. The standard InChI is InChI=1S/C15H10O2.C3H4S3/c16-15(17)13-7-3-6-12-8-10-4-1-2-5-11(10)9-14(12)13;4-3-5-1-2-6-3/h1-9H,(H,16,17);1-2H2. The molecule has 0 radical (unpaired) electrons. The van der Waals surface area contributed by atoms with Crippen LogP contribution >= 0.6 is 35.7 Å². The average Bonchev–Trinajstić information content (AvgIpc) is 3.03. The molecule has 1 aliphatic rings. The third kappa shape index (κ3) is 3.86. The van der Waals surface area contributed by atoms with Gasteiger partial charge in [0.15, 0.2) is 0 Å². The highest BCUT2D eigenvalue weighted by molar-refractivity contribution is 8.49. The van der Waals surface area contributed by atoms with E-state index in [0.29, 0.717) is 5.56 Å². The van der Waals surface area contributed by atoms with E-state index >= 15 is 0 Å². The lowest BCUT2D eigenvalue weighted by molar-refractivity contribution is 0.0699. The number of thiocarbonyl (C=S) groups is 1. The Morgan fingerprint density at radius 2 is 1.52 bits per heavy atom. The van der Waals surface area contributed by atoms with E-state index in [1.807, 2.05) is 42.5 Å². The molecule has 23 heavy (non-hydrogen) atoms. The van der Waals surface area contributed by atoms with Crippen LogP contribution in [0, 0.1) is 0 Å². The van der Waals surface area contributed by atoms with Crippen LogP contribution in [-0.4, -0.2) is 26.1 Å². The summed E-state index contributed by atoms with van der Waals surface area (Å²) in [5.74, 6) is 1.57. The predicted molar refractivity (Wildman–Crippen MR) is 106 cm³/mol. The second-order valence-corrected chi connectivity index (χ2v) is 8.37. The minimum absolute atomic E-state index is 0.355. The first-order chi connectivity index (χ1) is 11.1. The van der Waals surface area contributed by atoms with Gasteiger partial charge in [-0.2, -0.15) is 0 Å². The van der Waals surface area contributed by atoms with Crippen molar-refractivity contribution in [3.05, 3.63) is 60.2 Å². The first kappa shape index (κ1) is 16.3. The van der Waals surface area contributed by atoms with Gasteiger partial charge in [0.25, 0.3) is 0 Å². The first-order valence-electron chi connectivity index (χ1n) is 7.09. The number of benzene rings is 3. The number of fused-ring (bicyclic) bond motifs is 2. The van der Waals surface area contributed by atoms with Crippen LogP contribution in [0.15, 0.2) is 54.6 Å². The van der Waals surface area contributed by atoms with Crippen molar-refractivity contribution >= 4 is 66.8 Å². The van der Waals surface area contributed by atoms with Gasteiger partial charge in [-0.05, 0) is 39.7 Å². The van der Waals surface area contributed by atoms with Crippen LogP contribution in [0.1, 0.15) is 10.4 Å². The van der Waals surface area contributed by atoms with Crippen molar-refractivity contribution in [3.63, 3.8) is 0 Å². The highest BCUT2D eigenvalue weighted by atomic mass is 32.2. The molecule has 5 heteroatoms. The molecule has 1 saturated heterocycles. The van der Waals surface area contributed by atoms with E-state index in [1.54, 1.807) is 35.7 Å². The second-order valence-electron chi connectivity index (χ2n) is 4.98. The van der Waals surface area contributed by atoms with E-state index in [2.05, 4.69) is 0 Å². The van der Waals surface area contributed by atoms with Crippen molar-refractivity contribution < 1.29 is 9.90 Å². The van der Waals surface area contributed by atoms with Crippen LogP contribution in [0.3, 0.4) is 0 Å². The third-order valence-corrected chi connectivity index (χ3v) is 6.46. The number of carbonyl (C=O) groups is 1. The normalized spacial score (nSPS) is 13.8. The lowest BCUT2D eigenvalue weighted by atomic mass is 10.00. The van der Waals surface area contributed by atoms with Crippen molar-refractivity contribution in [2.45, 2.75) is 0 Å². The molecule has 2 nitrogen and oxygen atoms in total. The fourth-order valence-electron chi connectivity index (χ4n) is 2.44. The van der Waals surface area contributed by atoms with Crippen LogP contribution in [0.4, 0.5) is 0 Å². The number of thioether (sulfide) groups is 2. The topological polar surface area (TPSA) is 37.3 Å². The molecule has 0 amide bonds. The summed E-state index contributed by atoms with van der Waals surface area (Å²) in [7, 11) is 0. The summed E-state index contributed by atoms with van der Waals surface area (Å²) >= 11 is 8.43. The van der Waals surface area contributed by atoms with Gasteiger partial charge < -0.3 is 5.11 Å². The van der Waals surface area contributed by atoms with Crippen molar-refractivity contribution in [3.8, 4) is 0 Å². The van der Waals surface area contributed by atoms with E-state index in [9.17, 15) is 4.79 Å². The zero-order valence-corrected chi connectivity index (χ0v) is 14.6. The van der Waals surface area contributed by atoms with E-state index < -0.39 is 5.97 Å². The molecule has 4 rings (SSSR count). The Hall–Kier alpha value is -1.56. The molecule has 0 spiro atoms. The lowest BCUT2D eigenvalue weighted by Gasteiger charge is -2.05. The van der Waals surface area contributed by atoms with Gasteiger partial charge in [0, 0.05) is 11.5 Å². The minimum atomic E-state index is -0.883. The summed E-state index contributed by atoms with van der Waals surface area (Å²) in [6, 6.07) is 17.3. The molecule has 1 aliphatic heterocycles. The lowest BCUT2D eigenvalue weighted by Crippen LogP contribution is -1.96. The zero-order chi connectivity index (χ0) is 16.2. The van der Waals surface area contributed by atoms with Gasteiger partial charge in [0.2, 0.25) is 0 Å². The van der Waals surface area contributed by atoms with Crippen LogP contribution < -0.4 is 0 Å². The van der Waals surface area contributed by atoms with Gasteiger partial charge in [-0.1, -0.05) is 48.6 Å². The number of carboxylic acids is 1. The van der Waals surface area contributed by atoms with Crippen molar-refractivity contribution in [1.29, 1.82) is 0 Å². The van der Waals surface area contributed by atoms with Gasteiger partial charge in [-0.3, -0.25) is 0 Å². The van der Waals surface area contributed by atoms with Crippen molar-refractivity contribution in [2.24, 2.45) is 0 Å². The van der Waals surface area contributed by atoms with Crippen LogP contribution in [0.25, 0.3) is 21.5 Å². The molecule has 0 atom stereocenters. The Labute approximate surface area is 148 Å². The smallest absolute Gasteiger partial charge is 0.336 e. The third-order valence-electron chi connectivity index (χ3n) is 3.50. The quantitative estimate of drug-likeness (QED) is 0.463. The predicted octanol–water partition coefficient (Wildman–Crippen LogP) is 5.44. The van der Waals surface area contributed by atoms with Gasteiger partial charge in [0.1, 0.15) is 3.53 Å². The fraction of sp³-hybridized carbons (Fsp3) is 0.111. The van der Waals surface area contributed by atoms with E-state index in [1.165, 1.54) is 11.5 Å². The molecule has 1 heterocycles. The van der Waals surface area contributed by atoms with Crippen LogP contribution in [0.2, 0.25) is 0 Å². The highest BCUT2D eigenvalue weighted by Crippen LogP contribution is 2.26. The van der Waals surface area contributed by atoms with Crippen LogP contribution in [0.5, 0.6) is 0 Å². The van der Waals surface area contributed by atoms with Gasteiger partial charge in [0.05, 0.1) is 5.56 Å². The van der Waals surface area contributed by atoms with Crippen molar-refractivity contribution in [2.75, 3.05) is 11.5 Å². The summed E-state index contributed by atoms with van der Waals surface area (Å²) in [6.07, 6.45) is 0. The van der Waals surface area contributed by atoms with E-state index in [4.69, 9.17) is 17.3 Å². The molecule has 3 aromatic carbocycles. The molecular weight excluding hydrogens is 344 g/mol. The molecule has 116 valence electrons. The summed E-state index contributed by atoms with van der Waals surface area (Å²) in [5, 5.41) is 13.1. The van der Waals surface area contributed by atoms with E-state index in [-0.39, 0.29) is 0 Å². The fourth-order valence-corrected chi connectivity index (χ4v) is 4.78. The first-order valence-corrected chi connectivity index (χ1v) is 9.47. The molecule has 0 aliphatic carbocycles. The summed E-state index contributed by atoms with van der Waals surface area (Å²) < 4.78 is 1.12. The number of rotatable bonds is 1. The molecule has 0 aromatic heterocycles. The monoisotopic (exact) mass is 358 g/mol. The highest BCUT2D eigenvalue weighted by Gasteiger charge is 2.08.